The number of nitrogens with zero attached hydrogens (tertiary/aromatic N) is 1. The highest BCUT2D eigenvalue weighted by Crippen LogP contribution is 2.38. The number of carboxylic acid groups (broad SMARTS) is 1. The Bertz CT molecular complexity index is 853. The average molecular weight is 441 g/mol. The molecule has 2 amide bonds. The average Bonchev–Trinajstić information content (AvgIpc) is 2.59. The Morgan fingerprint density at radius 2 is 1.97 bits per heavy atom. The standard InChI is InChI=1S/C21H29ClN2O4S/c1-13(2)12-29(28)18-7-6-15(10-17(18)22)21(5)16(14(3)4)11-24(20(27)23-21)9-8-19(25)26/h6-7,10-11,13-14H,8-9,12H2,1-5H3,(H,23,27)(H,25,26)/t21-,29?/m0/s1. The Hall–Kier alpha value is -1.86. The lowest BCUT2D eigenvalue weighted by Gasteiger charge is -2.42. The van der Waals surface area contributed by atoms with Crippen molar-refractivity contribution < 1.29 is 18.9 Å². The fourth-order valence-electron chi connectivity index (χ4n) is 3.45. The number of aliphatic carboxylic acids is 1. The Balaban J connectivity index is 2.42. The van der Waals surface area contributed by atoms with E-state index in [0.29, 0.717) is 15.7 Å². The molecule has 2 rings (SSSR count). The lowest BCUT2D eigenvalue weighted by Crippen LogP contribution is -2.55. The molecule has 2 N–H and O–H groups in total. The van der Waals surface area contributed by atoms with Gasteiger partial charge in [0.25, 0.3) is 0 Å². The molecule has 8 heteroatoms. The Morgan fingerprint density at radius 3 is 2.48 bits per heavy atom. The Kier molecular flexibility index (Phi) is 7.51. The summed E-state index contributed by atoms with van der Waals surface area (Å²) < 4.78 is 12.5. The Labute approximate surface area is 179 Å². The molecule has 160 valence electrons. The molecule has 6 nitrogen and oxygen atoms in total. The molecule has 1 heterocycles. The van der Waals surface area contributed by atoms with Crippen molar-refractivity contribution in [2.75, 3.05) is 12.3 Å². The van der Waals surface area contributed by atoms with E-state index in [1.165, 1.54) is 4.90 Å². The van der Waals surface area contributed by atoms with Gasteiger partial charge in [-0.3, -0.25) is 9.00 Å². The second-order valence-electron chi connectivity index (χ2n) is 8.18. The molecule has 0 radical (unpaired) electrons. The van der Waals surface area contributed by atoms with Crippen LogP contribution in [0.1, 0.15) is 46.6 Å². The van der Waals surface area contributed by atoms with Crippen LogP contribution in [0.15, 0.2) is 34.9 Å². The number of carbonyl (C=O) groups is 2. The van der Waals surface area contributed by atoms with E-state index in [1.807, 2.05) is 40.7 Å². The van der Waals surface area contributed by atoms with Crippen molar-refractivity contribution in [3.05, 3.63) is 40.6 Å². The zero-order valence-electron chi connectivity index (χ0n) is 17.5. The number of carboxylic acids is 1. The molecule has 0 aromatic heterocycles. The lowest BCUT2D eigenvalue weighted by atomic mass is 9.78. The molecule has 0 saturated carbocycles. The van der Waals surface area contributed by atoms with Gasteiger partial charge >= 0.3 is 12.0 Å². The van der Waals surface area contributed by atoms with Gasteiger partial charge in [0.05, 0.1) is 32.7 Å². The van der Waals surface area contributed by atoms with Crippen LogP contribution in [0.5, 0.6) is 0 Å². The zero-order chi connectivity index (χ0) is 21.9. The summed E-state index contributed by atoms with van der Waals surface area (Å²) in [5.74, 6) is -0.0409. The molecule has 29 heavy (non-hydrogen) atoms. The van der Waals surface area contributed by atoms with Crippen molar-refractivity contribution in [1.82, 2.24) is 10.2 Å². The maximum Gasteiger partial charge on any atom is 0.322 e. The lowest BCUT2D eigenvalue weighted by molar-refractivity contribution is -0.137. The van der Waals surface area contributed by atoms with Crippen molar-refractivity contribution >= 4 is 34.4 Å². The highest BCUT2D eigenvalue weighted by Gasteiger charge is 2.40. The predicted molar refractivity (Wildman–Crippen MR) is 115 cm³/mol. The number of hydrogen-bond acceptors (Lipinski definition) is 3. The fourth-order valence-corrected chi connectivity index (χ4v) is 5.17. The second-order valence-corrected chi connectivity index (χ2v) is 10.1. The van der Waals surface area contributed by atoms with Crippen molar-refractivity contribution in [2.45, 2.75) is 51.5 Å². The number of halogens is 1. The van der Waals surface area contributed by atoms with E-state index in [4.69, 9.17) is 16.7 Å². The van der Waals surface area contributed by atoms with Gasteiger partial charge in [-0.25, -0.2) is 4.79 Å². The summed E-state index contributed by atoms with van der Waals surface area (Å²) in [6, 6.07) is 5.02. The van der Waals surface area contributed by atoms with Crippen LogP contribution >= 0.6 is 11.6 Å². The van der Waals surface area contributed by atoms with E-state index in [2.05, 4.69) is 5.32 Å². The first kappa shape index (κ1) is 23.4. The first-order valence-electron chi connectivity index (χ1n) is 9.66. The van der Waals surface area contributed by atoms with Crippen LogP contribution in [0.2, 0.25) is 5.02 Å². The van der Waals surface area contributed by atoms with Gasteiger partial charge in [-0.1, -0.05) is 45.4 Å². The number of nitrogens with one attached hydrogen (secondary N) is 1. The van der Waals surface area contributed by atoms with Crippen LogP contribution in [0, 0.1) is 11.8 Å². The van der Waals surface area contributed by atoms with Gasteiger partial charge in [-0.05, 0) is 42.0 Å². The van der Waals surface area contributed by atoms with Crippen LogP contribution in [-0.2, 0) is 21.1 Å². The molecule has 0 spiro atoms. The molecule has 2 atom stereocenters. The molecular weight excluding hydrogens is 412 g/mol. The van der Waals surface area contributed by atoms with E-state index < -0.39 is 22.3 Å². The van der Waals surface area contributed by atoms with Crippen LogP contribution < -0.4 is 5.32 Å². The van der Waals surface area contributed by atoms with E-state index >= 15 is 0 Å². The fraction of sp³-hybridized carbons (Fsp3) is 0.524. The minimum absolute atomic E-state index is 0.0986. The molecule has 0 bridgehead atoms. The van der Waals surface area contributed by atoms with Crippen molar-refractivity contribution in [1.29, 1.82) is 0 Å². The first-order valence-corrected chi connectivity index (χ1v) is 11.4. The van der Waals surface area contributed by atoms with Gasteiger partial charge in [-0.15, -0.1) is 0 Å². The third-order valence-corrected chi connectivity index (χ3v) is 7.16. The molecule has 0 saturated heterocycles. The summed E-state index contributed by atoms with van der Waals surface area (Å²) >= 11 is 6.46. The molecule has 1 aromatic carbocycles. The van der Waals surface area contributed by atoms with Crippen molar-refractivity contribution in [2.24, 2.45) is 11.8 Å². The second kappa shape index (κ2) is 9.30. The minimum atomic E-state index is -1.19. The highest BCUT2D eigenvalue weighted by molar-refractivity contribution is 7.85. The molecule has 1 aromatic rings. The third-order valence-electron chi connectivity index (χ3n) is 4.92. The van der Waals surface area contributed by atoms with E-state index in [0.717, 1.165) is 11.1 Å². The number of amides is 2. The number of urea groups is 1. The Morgan fingerprint density at radius 1 is 1.31 bits per heavy atom. The summed E-state index contributed by atoms with van der Waals surface area (Å²) in [7, 11) is -1.19. The van der Waals surface area contributed by atoms with Gasteiger partial charge < -0.3 is 15.3 Å². The molecule has 1 aliphatic rings. The number of benzene rings is 1. The summed E-state index contributed by atoms with van der Waals surface area (Å²) in [6.45, 7) is 10.1. The minimum Gasteiger partial charge on any atom is -0.481 e. The van der Waals surface area contributed by atoms with Crippen LogP contribution in [-0.4, -0.2) is 38.5 Å². The maximum atomic E-state index is 12.6. The van der Waals surface area contributed by atoms with Gasteiger partial charge in [0, 0.05) is 18.5 Å². The molecular formula is C21H29ClN2O4S. The van der Waals surface area contributed by atoms with Crippen LogP contribution in [0.3, 0.4) is 0 Å². The predicted octanol–water partition coefficient (Wildman–Crippen LogP) is 4.36. The van der Waals surface area contributed by atoms with Crippen molar-refractivity contribution in [3.63, 3.8) is 0 Å². The zero-order valence-corrected chi connectivity index (χ0v) is 19.1. The van der Waals surface area contributed by atoms with E-state index in [9.17, 15) is 13.8 Å². The summed E-state index contributed by atoms with van der Waals surface area (Å²) in [4.78, 5) is 25.5. The number of carbonyl (C=O) groups excluding carboxylic acids is 1. The topological polar surface area (TPSA) is 86.7 Å². The molecule has 1 unspecified atom stereocenters. The summed E-state index contributed by atoms with van der Waals surface area (Å²) in [6.07, 6.45) is 1.61. The SMILES string of the molecule is CC(C)CS(=O)c1ccc([C@]2(C)NC(=O)N(CCC(=O)O)C=C2C(C)C)cc1Cl. The number of hydrogen-bond donors (Lipinski definition) is 2. The third kappa shape index (κ3) is 5.39. The smallest absolute Gasteiger partial charge is 0.322 e. The van der Waals surface area contributed by atoms with E-state index in [-0.39, 0.29) is 30.8 Å². The van der Waals surface area contributed by atoms with Gasteiger partial charge in [-0.2, -0.15) is 0 Å². The monoisotopic (exact) mass is 440 g/mol. The maximum absolute atomic E-state index is 12.6. The normalized spacial score (nSPS) is 20.6. The van der Waals surface area contributed by atoms with Crippen LogP contribution in [0.25, 0.3) is 0 Å². The summed E-state index contributed by atoms with van der Waals surface area (Å²) in [5, 5.41) is 12.3. The highest BCUT2D eigenvalue weighted by atomic mass is 35.5. The van der Waals surface area contributed by atoms with E-state index in [1.54, 1.807) is 18.3 Å². The van der Waals surface area contributed by atoms with Gasteiger partial charge in [0.2, 0.25) is 0 Å². The molecule has 1 aliphatic heterocycles. The first-order chi connectivity index (χ1) is 13.5. The van der Waals surface area contributed by atoms with Crippen LogP contribution in [0.4, 0.5) is 4.79 Å². The number of rotatable bonds is 8. The largest absolute Gasteiger partial charge is 0.481 e. The summed E-state index contributed by atoms with van der Waals surface area (Å²) in [5.41, 5.74) is 0.931. The molecule has 0 aliphatic carbocycles. The van der Waals surface area contributed by atoms with Gasteiger partial charge in [0.15, 0.2) is 0 Å². The quantitative estimate of drug-likeness (QED) is 0.628. The van der Waals surface area contributed by atoms with Gasteiger partial charge in [0.1, 0.15) is 0 Å². The molecule has 0 fully saturated rings. The van der Waals surface area contributed by atoms with Crippen molar-refractivity contribution in [3.8, 4) is 0 Å².